The Morgan fingerprint density at radius 1 is 1.41 bits per heavy atom. The second-order valence-corrected chi connectivity index (χ2v) is 5.22. The highest BCUT2D eigenvalue weighted by Crippen LogP contribution is 2.23. The van der Waals surface area contributed by atoms with Crippen molar-refractivity contribution in [1.82, 2.24) is 5.32 Å². The first-order chi connectivity index (χ1) is 8.08. The molecule has 0 aliphatic heterocycles. The van der Waals surface area contributed by atoms with Gasteiger partial charge in [-0.25, -0.2) is 8.78 Å². The van der Waals surface area contributed by atoms with E-state index in [2.05, 4.69) is 21.2 Å². The molecule has 1 saturated carbocycles. The molecule has 17 heavy (non-hydrogen) atoms. The summed E-state index contributed by atoms with van der Waals surface area (Å²) < 4.78 is 27.2. The van der Waals surface area contributed by atoms with Gasteiger partial charge >= 0.3 is 0 Å². The lowest BCUT2D eigenvalue weighted by atomic mass is 10.1. The van der Waals surface area contributed by atoms with Gasteiger partial charge in [-0.05, 0) is 40.9 Å². The first-order valence-electron chi connectivity index (χ1n) is 5.61. The van der Waals surface area contributed by atoms with E-state index < -0.39 is 17.7 Å². The van der Waals surface area contributed by atoms with Crippen LogP contribution < -0.4 is 5.32 Å². The maximum absolute atomic E-state index is 13.6. The number of hydrogen-bond donors (Lipinski definition) is 2. The van der Waals surface area contributed by atoms with Gasteiger partial charge in [0, 0.05) is 24.6 Å². The Balaban J connectivity index is 1.98. The molecule has 2 N–H and O–H groups in total. The summed E-state index contributed by atoms with van der Waals surface area (Å²) >= 11 is 3.00. The number of aliphatic hydroxyl groups excluding tert-OH is 1. The Bertz CT molecular complexity index is 410. The Labute approximate surface area is 107 Å². The number of rotatable bonds is 5. The summed E-state index contributed by atoms with van der Waals surface area (Å²) in [4.78, 5) is 0. The summed E-state index contributed by atoms with van der Waals surface area (Å²) in [5.41, 5.74) is -0.0653. The topological polar surface area (TPSA) is 32.3 Å². The van der Waals surface area contributed by atoms with E-state index in [4.69, 9.17) is 0 Å². The van der Waals surface area contributed by atoms with E-state index >= 15 is 0 Å². The average Bonchev–Trinajstić information content (AvgIpc) is 3.11. The normalized spacial score (nSPS) is 17.2. The van der Waals surface area contributed by atoms with Crippen LogP contribution in [-0.2, 0) is 6.42 Å². The van der Waals surface area contributed by atoms with Crippen molar-refractivity contribution in [3.63, 3.8) is 0 Å². The molecule has 1 atom stereocenters. The number of halogens is 3. The molecule has 2 nitrogen and oxygen atoms in total. The molecule has 5 heteroatoms. The second kappa shape index (κ2) is 5.42. The SMILES string of the molecule is OC(CNC1CC1)Cc1c(F)ccc(Br)c1F. The summed E-state index contributed by atoms with van der Waals surface area (Å²) in [7, 11) is 0. The molecule has 1 aromatic rings. The Morgan fingerprint density at radius 2 is 2.12 bits per heavy atom. The highest BCUT2D eigenvalue weighted by molar-refractivity contribution is 9.10. The van der Waals surface area contributed by atoms with Gasteiger partial charge in [-0.15, -0.1) is 0 Å². The molecular weight excluding hydrogens is 292 g/mol. The zero-order valence-electron chi connectivity index (χ0n) is 9.22. The number of nitrogens with one attached hydrogen (secondary N) is 1. The molecule has 1 aliphatic carbocycles. The Hall–Kier alpha value is -0.520. The minimum Gasteiger partial charge on any atom is -0.391 e. The smallest absolute Gasteiger partial charge is 0.143 e. The maximum Gasteiger partial charge on any atom is 0.143 e. The predicted molar refractivity (Wildman–Crippen MR) is 64.8 cm³/mol. The molecule has 0 aromatic heterocycles. The highest BCUT2D eigenvalue weighted by atomic mass is 79.9. The van der Waals surface area contributed by atoms with Crippen molar-refractivity contribution in [2.24, 2.45) is 0 Å². The summed E-state index contributed by atoms with van der Waals surface area (Å²) in [6.45, 7) is 0.371. The molecule has 0 spiro atoms. The van der Waals surface area contributed by atoms with Gasteiger partial charge in [0.15, 0.2) is 0 Å². The highest BCUT2D eigenvalue weighted by Gasteiger charge is 2.22. The predicted octanol–water partition coefficient (Wildman–Crippen LogP) is 2.38. The zero-order chi connectivity index (χ0) is 12.4. The summed E-state index contributed by atoms with van der Waals surface area (Å²) in [6.07, 6.45) is 1.45. The lowest BCUT2D eigenvalue weighted by Crippen LogP contribution is -2.30. The summed E-state index contributed by atoms with van der Waals surface area (Å²) in [6, 6.07) is 2.99. The summed E-state index contributed by atoms with van der Waals surface area (Å²) in [5, 5.41) is 12.8. The molecular formula is C12H14BrF2NO. The van der Waals surface area contributed by atoms with Crippen LogP contribution in [0.2, 0.25) is 0 Å². The van der Waals surface area contributed by atoms with Crippen LogP contribution >= 0.6 is 15.9 Å². The third-order valence-corrected chi connectivity index (χ3v) is 3.41. The second-order valence-electron chi connectivity index (χ2n) is 4.36. The third kappa shape index (κ3) is 3.47. The standard InChI is InChI=1S/C12H14BrF2NO/c13-10-3-4-11(14)9(12(10)15)5-8(17)6-16-7-1-2-7/h3-4,7-8,16-17H,1-2,5-6H2. The van der Waals surface area contributed by atoms with E-state index in [1.165, 1.54) is 12.1 Å². The fourth-order valence-electron chi connectivity index (χ4n) is 1.65. The third-order valence-electron chi connectivity index (χ3n) is 2.80. The number of benzene rings is 1. The molecule has 0 saturated heterocycles. The van der Waals surface area contributed by atoms with Crippen molar-refractivity contribution in [2.45, 2.75) is 31.4 Å². The van der Waals surface area contributed by atoms with E-state index in [-0.39, 0.29) is 16.5 Å². The molecule has 1 fully saturated rings. The van der Waals surface area contributed by atoms with Crippen LogP contribution in [0, 0.1) is 11.6 Å². The Kier molecular flexibility index (Phi) is 4.12. The molecule has 0 amide bonds. The number of hydrogen-bond acceptors (Lipinski definition) is 2. The molecule has 1 aliphatic rings. The molecule has 1 unspecified atom stereocenters. The minimum absolute atomic E-state index is 0.0170. The van der Waals surface area contributed by atoms with Crippen molar-refractivity contribution in [2.75, 3.05) is 6.54 Å². The fraction of sp³-hybridized carbons (Fsp3) is 0.500. The van der Waals surface area contributed by atoms with Crippen molar-refractivity contribution < 1.29 is 13.9 Å². The minimum atomic E-state index is -0.770. The van der Waals surface area contributed by atoms with Gasteiger partial charge in [0.25, 0.3) is 0 Å². The van der Waals surface area contributed by atoms with Crippen molar-refractivity contribution in [3.8, 4) is 0 Å². The van der Waals surface area contributed by atoms with Gasteiger partial charge in [-0.2, -0.15) is 0 Å². The van der Waals surface area contributed by atoms with E-state index in [0.29, 0.717) is 12.6 Å². The van der Waals surface area contributed by atoms with Gasteiger partial charge in [0.2, 0.25) is 0 Å². The van der Waals surface area contributed by atoms with Crippen molar-refractivity contribution >= 4 is 15.9 Å². The van der Waals surface area contributed by atoms with Crippen molar-refractivity contribution in [1.29, 1.82) is 0 Å². The zero-order valence-corrected chi connectivity index (χ0v) is 10.8. The van der Waals surface area contributed by atoms with Crippen LogP contribution in [0.3, 0.4) is 0 Å². The van der Waals surface area contributed by atoms with Crippen molar-refractivity contribution in [3.05, 3.63) is 33.8 Å². The van der Waals surface area contributed by atoms with Gasteiger partial charge in [-0.3, -0.25) is 0 Å². The van der Waals surface area contributed by atoms with Crippen LogP contribution in [-0.4, -0.2) is 23.8 Å². The maximum atomic E-state index is 13.6. The summed E-state index contributed by atoms with van der Waals surface area (Å²) in [5.74, 6) is -1.24. The van der Waals surface area contributed by atoms with E-state index in [1.807, 2.05) is 0 Å². The van der Waals surface area contributed by atoms with E-state index in [9.17, 15) is 13.9 Å². The molecule has 0 radical (unpaired) electrons. The van der Waals surface area contributed by atoms with Crippen LogP contribution in [0.5, 0.6) is 0 Å². The molecule has 94 valence electrons. The van der Waals surface area contributed by atoms with E-state index in [1.54, 1.807) is 0 Å². The average molecular weight is 306 g/mol. The molecule has 0 heterocycles. The molecule has 2 rings (SSSR count). The van der Waals surface area contributed by atoms with Gasteiger partial charge in [-0.1, -0.05) is 0 Å². The fourth-order valence-corrected chi connectivity index (χ4v) is 2.03. The van der Waals surface area contributed by atoms with Crippen LogP contribution in [0.15, 0.2) is 16.6 Å². The van der Waals surface area contributed by atoms with Crippen LogP contribution in [0.25, 0.3) is 0 Å². The van der Waals surface area contributed by atoms with E-state index in [0.717, 1.165) is 12.8 Å². The lowest BCUT2D eigenvalue weighted by Gasteiger charge is -2.13. The molecule has 0 bridgehead atoms. The van der Waals surface area contributed by atoms with Gasteiger partial charge in [0.05, 0.1) is 10.6 Å². The molecule has 1 aromatic carbocycles. The van der Waals surface area contributed by atoms with Gasteiger partial charge < -0.3 is 10.4 Å². The first kappa shape index (κ1) is 12.9. The monoisotopic (exact) mass is 305 g/mol. The quantitative estimate of drug-likeness (QED) is 0.819. The van der Waals surface area contributed by atoms with Crippen LogP contribution in [0.1, 0.15) is 18.4 Å². The van der Waals surface area contributed by atoms with Gasteiger partial charge in [0.1, 0.15) is 11.6 Å². The first-order valence-corrected chi connectivity index (χ1v) is 6.41. The largest absolute Gasteiger partial charge is 0.391 e. The van der Waals surface area contributed by atoms with Crippen LogP contribution in [0.4, 0.5) is 8.78 Å². The lowest BCUT2D eigenvalue weighted by molar-refractivity contribution is 0.169. The Morgan fingerprint density at radius 3 is 2.76 bits per heavy atom. The number of aliphatic hydroxyl groups is 1.